The zero-order valence-electron chi connectivity index (χ0n) is 15.8. The molecule has 0 aliphatic rings. The third-order valence-corrected chi connectivity index (χ3v) is 4.31. The minimum atomic E-state index is -0.145. The van der Waals surface area contributed by atoms with Crippen molar-refractivity contribution in [2.24, 2.45) is 0 Å². The third kappa shape index (κ3) is 4.32. The highest BCUT2D eigenvalue weighted by molar-refractivity contribution is 5.92. The summed E-state index contributed by atoms with van der Waals surface area (Å²) in [5, 5.41) is 11.1. The van der Waals surface area contributed by atoms with Gasteiger partial charge in [0.2, 0.25) is 17.6 Å². The molecule has 0 unspecified atom stereocenters. The van der Waals surface area contributed by atoms with Crippen LogP contribution in [0.15, 0.2) is 71.5 Å². The van der Waals surface area contributed by atoms with Crippen LogP contribution in [0.2, 0.25) is 0 Å². The van der Waals surface area contributed by atoms with Crippen molar-refractivity contribution < 1.29 is 14.1 Å². The lowest BCUT2D eigenvalue weighted by molar-refractivity contribution is -0.116. The summed E-state index contributed by atoms with van der Waals surface area (Å²) in [5.74, 6) is 1.50. The number of rotatable bonds is 7. The van der Waals surface area contributed by atoms with Gasteiger partial charge in [0.15, 0.2) is 0 Å². The van der Waals surface area contributed by atoms with Gasteiger partial charge in [-0.25, -0.2) is 4.68 Å². The smallest absolute Gasteiger partial charge is 0.227 e. The van der Waals surface area contributed by atoms with E-state index in [9.17, 15) is 4.79 Å². The molecule has 0 spiro atoms. The molecule has 4 rings (SSSR count). The zero-order chi connectivity index (χ0) is 20.1. The molecule has 8 nitrogen and oxygen atoms in total. The van der Waals surface area contributed by atoms with Gasteiger partial charge in [-0.3, -0.25) is 4.79 Å². The van der Waals surface area contributed by atoms with Gasteiger partial charge < -0.3 is 14.6 Å². The molecule has 2 aromatic heterocycles. The number of methoxy groups -OCH3 is 1. The summed E-state index contributed by atoms with van der Waals surface area (Å²) >= 11 is 0. The molecule has 1 N–H and O–H groups in total. The maximum atomic E-state index is 12.4. The van der Waals surface area contributed by atoms with Crippen LogP contribution >= 0.6 is 0 Å². The molecular weight excluding hydrogens is 370 g/mol. The van der Waals surface area contributed by atoms with E-state index in [0.717, 1.165) is 17.0 Å². The first-order valence-electron chi connectivity index (χ1n) is 9.09. The molecule has 1 amide bonds. The molecule has 2 aromatic carbocycles. The van der Waals surface area contributed by atoms with Crippen molar-refractivity contribution in [2.75, 3.05) is 12.4 Å². The summed E-state index contributed by atoms with van der Waals surface area (Å²) in [6, 6.07) is 16.7. The van der Waals surface area contributed by atoms with Gasteiger partial charge in [0.25, 0.3) is 0 Å². The summed E-state index contributed by atoms with van der Waals surface area (Å²) in [7, 11) is 1.61. The van der Waals surface area contributed by atoms with E-state index in [4.69, 9.17) is 9.26 Å². The maximum absolute atomic E-state index is 12.4. The second kappa shape index (κ2) is 8.39. The van der Waals surface area contributed by atoms with E-state index in [0.29, 0.717) is 23.8 Å². The Labute approximate surface area is 167 Å². The monoisotopic (exact) mass is 389 g/mol. The van der Waals surface area contributed by atoms with Crippen LogP contribution in [0.3, 0.4) is 0 Å². The zero-order valence-corrected chi connectivity index (χ0v) is 15.8. The van der Waals surface area contributed by atoms with E-state index in [1.54, 1.807) is 18.0 Å². The maximum Gasteiger partial charge on any atom is 0.227 e. The quantitative estimate of drug-likeness (QED) is 0.520. The number of benzene rings is 2. The van der Waals surface area contributed by atoms with Gasteiger partial charge >= 0.3 is 0 Å². The van der Waals surface area contributed by atoms with Crippen molar-refractivity contribution in [1.29, 1.82) is 0 Å². The highest BCUT2D eigenvalue weighted by atomic mass is 16.5. The number of aromatic nitrogens is 4. The average Bonchev–Trinajstić information content (AvgIpc) is 3.45. The lowest BCUT2D eigenvalue weighted by atomic mass is 10.2. The number of para-hydroxylation sites is 2. The van der Waals surface area contributed by atoms with Gasteiger partial charge in [-0.15, -0.1) is 0 Å². The van der Waals surface area contributed by atoms with E-state index < -0.39 is 0 Å². The van der Waals surface area contributed by atoms with E-state index in [1.165, 1.54) is 0 Å². The van der Waals surface area contributed by atoms with Crippen LogP contribution in [0.5, 0.6) is 5.75 Å². The summed E-state index contributed by atoms with van der Waals surface area (Å²) in [6.07, 6.45) is 4.08. The van der Waals surface area contributed by atoms with Crippen LogP contribution < -0.4 is 10.1 Å². The van der Waals surface area contributed by atoms with Crippen LogP contribution in [0.1, 0.15) is 12.3 Å². The minimum Gasteiger partial charge on any atom is -0.497 e. The molecule has 0 atom stereocenters. The molecule has 8 heteroatoms. The van der Waals surface area contributed by atoms with Crippen LogP contribution in [0, 0.1) is 0 Å². The molecule has 0 saturated heterocycles. The number of ether oxygens (including phenoxy) is 1. The number of nitrogens with zero attached hydrogens (tertiary/aromatic N) is 4. The number of carbonyl (C=O) groups excluding carboxylic acids is 1. The Morgan fingerprint density at radius 1 is 1.14 bits per heavy atom. The minimum absolute atomic E-state index is 0.145. The van der Waals surface area contributed by atoms with E-state index >= 15 is 0 Å². The number of anilines is 1. The topological polar surface area (TPSA) is 95.1 Å². The molecule has 4 aromatic rings. The molecule has 0 aliphatic heterocycles. The molecule has 0 saturated carbocycles. The van der Waals surface area contributed by atoms with Crippen LogP contribution in [0.4, 0.5) is 5.69 Å². The average molecular weight is 389 g/mol. The fourth-order valence-electron chi connectivity index (χ4n) is 2.84. The Morgan fingerprint density at radius 3 is 2.72 bits per heavy atom. The lowest BCUT2D eigenvalue weighted by Gasteiger charge is -2.10. The fourth-order valence-corrected chi connectivity index (χ4v) is 2.84. The normalized spacial score (nSPS) is 10.7. The number of nitrogens with one attached hydrogen (secondary N) is 1. The number of carbonyl (C=O) groups is 1. The highest BCUT2D eigenvalue weighted by Gasteiger charge is 2.12. The van der Waals surface area contributed by atoms with Gasteiger partial charge in [-0.05, 0) is 42.5 Å². The molecule has 29 heavy (non-hydrogen) atoms. The molecule has 0 aliphatic carbocycles. The Balaban J connectivity index is 1.38. The Hall–Kier alpha value is -3.94. The van der Waals surface area contributed by atoms with E-state index in [2.05, 4.69) is 20.6 Å². The predicted octanol–water partition coefficient (Wildman–Crippen LogP) is 3.50. The van der Waals surface area contributed by atoms with Crippen molar-refractivity contribution in [3.8, 4) is 22.8 Å². The van der Waals surface area contributed by atoms with Crippen molar-refractivity contribution in [2.45, 2.75) is 12.8 Å². The Morgan fingerprint density at radius 2 is 1.97 bits per heavy atom. The standard InChI is InChI=1S/C21H19N5O3/c1-28-16-9-7-15(8-10-16)21-24-20(29-25-21)12-11-19(27)23-17-5-2-3-6-18(17)26-14-4-13-22-26/h2-10,13-14H,11-12H2,1H3,(H,23,27). The molecule has 0 bridgehead atoms. The largest absolute Gasteiger partial charge is 0.497 e. The third-order valence-electron chi connectivity index (χ3n) is 4.31. The van der Waals surface area contributed by atoms with Gasteiger partial charge in [0, 0.05) is 30.8 Å². The second-order valence-corrected chi connectivity index (χ2v) is 6.26. The van der Waals surface area contributed by atoms with Crippen molar-refractivity contribution in [1.82, 2.24) is 19.9 Å². The van der Waals surface area contributed by atoms with Crippen molar-refractivity contribution in [3.63, 3.8) is 0 Å². The lowest BCUT2D eigenvalue weighted by Crippen LogP contribution is -2.14. The number of aryl methyl sites for hydroxylation is 1. The van der Waals surface area contributed by atoms with E-state index in [1.807, 2.05) is 60.8 Å². The molecule has 2 heterocycles. The summed E-state index contributed by atoms with van der Waals surface area (Å²) in [4.78, 5) is 16.8. The first-order chi connectivity index (χ1) is 14.2. The highest BCUT2D eigenvalue weighted by Crippen LogP contribution is 2.21. The van der Waals surface area contributed by atoms with Crippen LogP contribution in [-0.4, -0.2) is 32.9 Å². The first kappa shape index (κ1) is 18.4. The fraction of sp³-hybridized carbons (Fsp3) is 0.143. The van der Waals surface area contributed by atoms with Gasteiger partial charge in [-0.2, -0.15) is 10.1 Å². The van der Waals surface area contributed by atoms with Crippen molar-refractivity contribution >= 4 is 11.6 Å². The van der Waals surface area contributed by atoms with Crippen molar-refractivity contribution in [3.05, 3.63) is 72.9 Å². The van der Waals surface area contributed by atoms with Gasteiger partial charge in [0.05, 0.1) is 18.5 Å². The van der Waals surface area contributed by atoms with Gasteiger partial charge in [0.1, 0.15) is 5.75 Å². The molecule has 0 fully saturated rings. The summed E-state index contributed by atoms with van der Waals surface area (Å²) < 4.78 is 12.1. The molecule has 0 radical (unpaired) electrons. The van der Waals surface area contributed by atoms with Gasteiger partial charge in [-0.1, -0.05) is 17.3 Å². The van der Waals surface area contributed by atoms with Crippen LogP contribution in [-0.2, 0) is 11.2 Å². The SMILES string of the molecule is COc1ccc(-c2noc(CCC(=O)Nc3ccccc3-n3cccn3)n2)cc1. The molecular formula is C21H19N5O3. The molecule has 146 valence electrons. The Kier molecular flexibility index (Phi) is 5.33. The first-order valence-corrected chi connectivity index (χ1v) is 9.09. The number of hydrogen-bond acceptors (Lipinski definition) is 6. The second-order valence-electron chi connectivity index (χ2n) is 6.26. The summed E-state index contributed by atoms with van der Waals surface area (Å²) in [5.41, 5.74) is 2.30. The predicted molar refractivity (Wildman–Crippen MR) is 107 cm³/mol. The van der Waals surface area contributed by atoms with E-state index in [-0.39, 0.29) is 12.3 Å². The van der Waals surface area contributed by atoms with Crippen LogP contribution in [0.25, 0.3) is 17.1 Å². The summed E-state index contributed by atoms with van der Waals surface area (Å²) in [6.45, 7) is 0. The number of amides is 1. The number of hydrogen-bond donors (Lipinski definition) is 1. The Bertz CT molecular complexity index is 1090.